The summed E-state index contributed by atoms with van der Waals surface area (Å²) in [6.07, 6.45) is -0.472. The van der Waals surface area contributed by atoms with Crippen LogP contribution in [0.25, 0.3) is 11.4 Å². The first-order chi connectivity index (χ1) is 11.6. The SMILES string of the molecule is CN(CCSc1nnc(-c2ccncc2)n1CC(F)(F)F)S(C)(=O)=O. The number of pyridine rings is 1. The molecule has 2 aromatic heterocycles. The van der Waals surface area contributed by atoms with Gasteiger partial charge in [0, 0.05) is 37.3 Å². The van der Waals surface area contributed by atoms with Gasteiger partial charge in [0.25, 0.3) is 0 Å². The Morgan fingerprint density at radius 3 is 2.44 bits per heavy atom. The third-order valence-electron chi connectivity index (χ3n) is 3.20. The van der Waals surface area contributed by atoms with Crippen molar-refractivity contribution in [2.45, 2.75) is 17.9 Å². The molecule has 0 saturated carbocycles. The van der Waals surface area contributed by atoms with Crippen molar-refractivity contribution in [2.75, 3.05) is 25.6 Å². The van der Waals surface area contributed by atoms with Crippen LogP contribution >= 0.6 is 11.8 Å². The Bertz CT molecular complexity index is 809. The van der Waals surface area contributed by atoms with Gasteiger partial charge in [-0.15, -0.1) is 10.2 Å². The van der Waals surface area contributed by atoms with Crippen molar-refractivity contribution in [1.29, 1.82) is 0 Å². The van der Waals surface area contributed by atoms with Crippen molar-refractivity contribution in [1.82, 2.24) is 24.1 Å². The molecule has 0 bridgehead atoms. The zero-order chi connectivity index (χ0) is 18.7. The van der Waals surface area contributed by atoms with E-state index in [0.29, 0.717) is 5.56 Å². The van der Waals surface area contributed by atoms with Crippen molar-refractivity contribution in [2.24, 2.45) is 0 Å². The number of aromatic nitrogens is 4. The zero-order valence-electron chi connectivity index (χ0n) is 13.4. The highest BCUT2D eigenvalue weighted by Crippen LogP contribution is 2.28. The maximum absolute atomic E-state index is 12.9. The predicted molar refractivity (Wildman–Crippen MR) is 87.5 cm³/mol. The maximum Gasteiger partial charge on any atom is 0.406 e. The van der Waals surface area contributed by atoms with Crippen molar-refractivity contribution in [3.63, 3.8) is 0 Å². The lowest BCUT2D eigenvalue weighted by Crippen LogP contribution is -2.27. The van der Waals surface area contributed by atoms with E-state index >= 15 is 0 Å². The van der Waals surface area contributed by atoms with Crippen LogP contribution in [-0.2, 0) is 16.6 Å². The summed E-state index contributed by atoms with van der Waals surface area (Å²) in [6.45, 7) is -1.09. The highest BCUT2D eigenvalue weighted by atomic mass is 32.2. The molecule has 25 heavy (non-hydrogen) atoms. The van der Waals surface area contributed by atoms with Gasteiger partial charge in [-0.3, -0.25) is 9.55 Å². The van der Waals surface area contributed by atoms with E-state index in [0.717, 1.165) is 26.9 Å². The van der Waals surface area contributed by atoms with Gasteiger partial charge in [-0.2, -0.15) is 13.2 Å². The Labute approximate surface area is 147 Å². The first-order valence-electron chi connectivity index (χ1n) is 7.02. The van der Waals surface area contributed by atoms with E-state index in [9.17, 15) is 21.6 Å². The number of hydrogen-bond acceptors (Lipinski definition) is 6. The number of alkyl halides is 3. The monoisotopic (exact) mass is 395 g/mol. The van der Waals surface area contributed by atoms with E-state index in [1.165, 1.54) is 19.4 Å². The fraction of sp³-hybridized carbons (Fsp3) is 0.462. The Morgan fingerprint density at radius 2 is 1.88 bits per heavy atom. The van der Waals surface area contributed by atoms with Gasteiger partial charge in [-0.05, 0) is 12.1 Å². The van der Waals surface area contributed by atoms with E-state index in [1.54, 1.807) is 12.1 Å². The summed E-state index contributed by atoms with van der Waals surface area (Å²) in [5.41, 5.74) is 0.465. The third kappa shape index (κ3) is 5.68. The molecule has 0 atom stereocenters. The van der Waals surface area contributed by atoms with Gasteiger partial charge in [0.15, 0.2) is 11.0 Å². The molecule has 2 aromatic rings. The van der Waals surface area contributed by atoms with Crippen LogP contribution in [0.3, 0.4) is 0 Å². The molecule has 0 saturated heterocycles. The Hall–Kier alpha value is -1.66. The zero-order valence-corrected chi connectivity index (χ0v) is 15.1. The van der Waals surface area contributed by atoms with Gasteiger partial charge in [-0.25, -0.2) is 12.7 Å². The van der Waals surface area contributed by atoms with Crippen LogP contribution in [0.2, 0.25) is 0 Å². The summed E-state index contributed by atoms with van der Waals surface area (Å²) >= 11 is 1.02. The van der Waals surface area contributed by atoms with Crippen LogP contribution in [0.15, 0.2) is 29.7 Å². The van der Waals surface area contributed by atoms with Gasteiger partial charge in [0.2, 0.25) is 10.0 Å². The van der Waals surface area contributed by atoms with E-state index in [1.807, 2.05) is 0 Å². The van der Waals surface area contributed by atoms with Gasteiger partial charge in [0.05, 0.1) is 6.26 Å². The van der Waals surface area contributed by atoms with E-state index in [2.05, 4.69) is 15.2 Å². The molecule has 0 aliphatic rings. The van der Waals surface area contributed by atoms with Crippen LogP contribution in [0.1, 0.15) is 0 Å². The summed E-state index contributed by atoms with van der Waals surface area (Å²) in [6, 6.07) is 3.09. The minimum atomic E-state index is -4.44. The molecule has 0 radical (unpaired) electrons. The number of rotatable bonds is 7. The number of hydrogen-bond donors (Lipinski definition) is 0. The molecule has 12 heteroatoms. The summed E-state index contributed by atoms with van der Waals surface area (Å²) in [7, 11) is -1.94. The molecule has 0 fully saturated rings. The Kier molecular flexibility index (Phi) is 6.06. The first kappa shape index (κ1) is 19.7. The van der Waals surface area contributed by atoms with Crippen LogP contribution in [0.4, 0.5) is 13.2 Å². The highest BCUT2D eigenvalue weighted by Gasteiger charge is 2.31. The predicted octanol–water partition coefficient (Wildman–Crippen LogP) is 1.89. The van der Waals surface area contributed by atoms with Crippen LogP contribution in [0.5, 0.6) is 0 Å². The minimum absolute atomic E-state index is 0.0750. The van der Waals surface area contributed by atoms with Gasteiger partial charge in [-0.1, -0.05) is 11.8 Å². The van der Waals surface area contributed by atoms with Crippen molar-refractivity contribution in [3.05, 3.63) is 24.5 Å². The molecular formula is C13H16F3N5O2S2. The van der Waals surface area contributed by atoms with Crippen LogP contribution in [-0.4, -0.2) is 64.2 Å². The largest absolute Gasteiger partial charge is 0.406 e. The molecule has 2 rings (SSSR count). The lowest BCUT2D eigenvalue weighted by atomic mass is 10.2. The number of thioether (sulfide) groups is 1. The highest BCUT2D eigenvalue weighted by molar-refractivity contribution is 7.99. The maximum atomic E-state index is 12.9. The smallest absolute Gasteiger partial charge is 0.293 e. The standard InChI is InChI=1S/C13H16F3N5O2S2/c1-20(25(2,22)23)7-8-24-12-19-18-11(10-3-5-17-6-4-10)21(12)9-13(14,15)16/h3-6H,7-9H2,1-2H3. The summed E-state index contributed by atoms with van der Waals surface area (Å²) in [5, 5.41) is 7.75. The number of sulfonamides is 1. The molecule has 0 aromatic carbocycles. The lowest BCUT2D eigenvalue weighted by molar-refractivity contribution is -0.141. The summed E-state index contributed by atoms with van der Waals surface area (Å²) in [4.78, 5) is 3.83. The molecule has 7 nitrogen and oxygen atoms in total. The number of nitrogens with zero attached hydrogens (tertiary/aromatic N) is 5. The fourth-order valence-corrected chi connectivity index (χ4v) is 3.35. The topological polar surface area (TPSA) is 81.0 Å². The Morgan fingerprint density at radius 1 is 1.24 bits per heavy atom. The molecule has 0 amide bonds. The second-order valence-electron chi connectivity index (χ2n) is 5.18. The summed E-state index contributed by atoms with van der Waals surface area (Å²) in [5.74, 6) is 0.328. The quantitative estimate of drug-likeness (QED) is 0.666. The average molecular weight is 395 g/mol. The first-order valence-corrected chi connectivity index (χ1v) is 9.86. The molecular weight excluding hydrogens is 379 g/mol. The molecule has 0 N–H and O–H groups in total. The van der Waals surface area contributed by atoms with Gasteiger partial charge >= 0.3 is 6.18 Å². The number of halogens is 3. The average Bonchev–Trinajstić information content (AvgIpc) is 2.88. The van der Waals surface area contributed by atoms with Crippen molar-refractivity contribution < 1.29 is 21.6 Å². The molecule has 0 aliphatic heterocycles. The normalized spacial score (nSPS) is 12.7. The molecule has 0 aliphatic carbocycles. The third-order valence-corrected chi connectivity index (χ3v) is 5.46. The van der Waals surface area contributed by atoms with Crippen molar-refractivity contribution >= 4 is 21.8 Å². The lowest BCUT2D eigenvalue weighted by Gasteiger charge is -2.14. The van der Waals surface area contributed by atoms with Crippen LogP contribution < -0.4 is 0 Å². The second kappa shape index (κ2) is 7.70. The van der Waals surface area contributed by atoms with E-state index in [4.69, 9.17) is 0 Å². The Balaban J connectivity index is 2.22. The summed E-state index contributed by atoms with van der Waals surface area (Å²) < 4.78 is 63.5. The molecule has 0 spiro atoms. The molecule has 138 valence electrons. The van der Waals surface area contributed by atoms with E-state index in [-0.39, 0.29) is 23.3 Å². The second-order valence-corrected chi connectivity index (χ2v) is 8.33. The van der Waals surface area contributed by atoms with Gasteiger partial charge in [0.1, 0.15) is 6.54 Å². The fourth-order valence-electron chi connectivity index (χ4n) is 1.86. The van der Waals surface area contributed by atoms with Crippen LogP contribution in [0, 0.1) is 0 Å². The molecule has 0 unspecified atom stereocenters. The molecule has 2 heterocycles. The minimum Gasteiger partial charge on any atom is -0.293 e. The van der Waals surface area contributed by atoms with E-state index < -0.39 is 22.7 Å². The van der Waals surface area contributed by atoms with Crippen molar-refractivity contribution in [3.8, 4) is 11.4 Å². The van der Waals surface area contributed by atoms with Gasteiger partial charge < -0.3 is 0 Å².